The van der Waals surface area contributed by atoms with E-state index >= 15 is 0 Å². The molecule has 1 fully saturated rings. The highest BCUT2D eigenvalue weighted by Crippen LogP contribution is 2.27. The lowest BCUT2D eigenvalue weighted by atomic mass is 10.2. The van der Waals surface area contributed by atoms with Crippen LogP contribution in [0.4, 0.5) is 4.79 Å². The van der Waals surface area contributed by atoms with E-state index < -0.39 is 0 Å². The van der Waals surface area contributed by atoms with Crippen LogP contribution in [0.1, 0.15) is 5.56 Å². The van der Waals surface area contributed by atoms with Crippen molar-refractivity contribution in [2.45, 2.75) is 0 Å². The zero-order valence-corrected chi connectivity index (χ0v) is 11.2. The molecule has 0 atom stereocenters. The van der Waals surface area contributed by atoms with Crippen molar-refractivity contribution in [3.8, 4) is 11.5 Å². The van der Waals surface area contributed by atoms with Crippen molar-refractivity contribution < 1.29 is 19.5 Å². The van der Waals surface area contributed by atoms with Crippen LogP contribution in [0.3, 0.4) is 0 Å². The van der Waals surface area contributed by atoms with Crippen molar-refractivity contribution in [1.82, 2.24) is 10.2 Å². The smallest absolute Gasteiger partial charge is 0.317 e. The van der Waals surface area contributed by atoms with Crippen LogP contribution < -0.4 is 14.8 Å². The van der Waals surface area contributed by atoms with Gasteiger partial charge in [0.05, 0.1) is 19.9 Å². The fourth-order valence-corrected chi connectivity index (χ4v) is 1.94. The molecule has 7 heteroatoms. The summed E-state index contributed by atoms with van der Waals surface area (Å²) in [4.78, 5) is 13.0. The quantitative estimate of drug-likeness (QED) is 0.460. The molecule has 2 amide bonds. The first-order chi connectivity index (χ1) is 9.74. The number of nitrogens with one attached hydrogen (secondary N) is 1. The molecule has 1 aromatic carbocycles. The van der Waals surface area contributed by atoms with Crippen LogP contribution in [0.15, 0.2) is 23.4 Å². The number of hydrogen-bond donors (Lipinski definition) is 2. The summed E-state index contributed by atoms with van der Waals surface area (Å²) in [6.07, 6.45) is 1.31. The average Bonchev–Trinajstić information content (AvgIpc) is 2.86. The van der Waals surface area contributed by atoms with Crippen molar-refractivity contribution >= 4 is 12.2 Å². The highest BCUT2D eigenvalue weighted by atomic mass is 16.5. The van der Waals surface area contributed by atoms with Gasteiger partial charge in [-0.2, -0.15) is 0 Å². The summed E-state index contributed by atoms with van der Waals surface area (Å²) >= 11 is 0. The van der Waals surface area contributed by atoms with Crippen LogP contribution in [0, 0.1) is 0 Å². The predicted octanol–water partition coefficient (Wildman–Crippen LogP) is 0.907. The average molecular weight is 279 g/mol. The second-order valence-electron chi connectivity index (χ2n) is 4.22. The number of urea groups is 1. The molecule has 0 bridgehead atoms. The Balaban J connectivity index is 1.93. The molecule has 7 nitrogen and oxygen atoms in total. The summed E-state index contributed by atoms with van der Waals surface area (Å²) in [6, 6.07) is 5.13. The Bertz CT molecular complexity index is 504. The zero-order valence-electron chi connectivity index (χ0n) is 11.2. The Morgan fingerprint density at radius 3 is 3.00 bits per heavy atom. The van der Waals surface area contributed by atoms with Gasteiger partial charge in [0, 0.05) is 18.7 Å². The molecule has 1 aliphatic rings. The molecule has 0 aliphatic carbocycles. The first-order valence-electron chi connectivity index (χ1n) is 6.25. The minimum absolute atomic E-state index is 0.0601. The van der Waals surface area contributed by atoms with Crippen molar-refractivity contribution in [2.75, 3.05) is 33.4 Å². The lowest BCUT2D eigenvalue weighted by Crippen LogP contribution is -2.31. The number of carbonyl (C=O) groups excluding carboxylic acids is 1. The van der Waals surface area contributed by atoms with Gasteiger partial charge >= 0.3 is 6.03 Å². The van der Waals surface area contributed by atoms with Crippen molar-refractivity contribution in [2.24, 2.45) is 5.16 Å². The van der Waals surface area contributed by atoms with Gasteiger partial charge in [0.2, 0.25) is 0 Å². The number of amides is 2. The Labute approximate surface area is 116 Å². The number of hydrogen-bond acceptors (Lipinski definition) is 5. The van der Waals surface area contributed by atoms with Gasteiger partial charge in [0.1, 0.15) is 6.61 Å². The SMILES string of the molecule is COc1cc(/C=N/O)ccc1OCCN1CCNC1=O. The summed E-state index contributed by atoms with van der Waals surface area (Å²) in [5.74, 6) is 1.13. The molecule has 0 unspecified atom stereocenters. The number of carbonyl (C=O) groups is 1. The van der Waals surface area contributed by atoms with E-state index in [0.29, 0.717) is 43.3 Å². The minimum atomic E-state index is -0.0601. The maximum atomic E-state index is 11.4. The van der Waals surface area contributed by atoms with Gasteiger partial charge in [0.15, 0.2) is 11.5 Å². The Kier molecular flexibility index (Phi) is 4.65. The maximum Gasteiger partial charge on any atom is 0.317 e. The van der Waals surface area contributed by atoms with E-state index in [4.69, 9.17) is 14.7 Å². The first kappa shape index (κ1) is 14.0. The first-order valence-corrected chi connectivity index (χ1v) is 6.25. The highest BCUT2D eigenvalue weighted by molar-refractivity contribution is 5.80. The van der Waals surface area contributed by atoms with Gasteiger partial charge in [-0.05, 0) is 18.2 Å². The largest absolute Gasteiger partial charge is 0.493 e. The summed E-state index contributed by atoms with van der Waals surface area (Å²) < 4.78 is 10.8. The maximum absolute atomic E-state index is 11.4. The molecule has 2 N–H and O–H groups in total. The minimum Gasteiger partial charge on any atom is -0.493 e. The molecule has 0 spiro atoms. The van der Waals surface area contributed by atoms with E-state index in [1.807, 2.05) is 0 Å². The lowest BCUT2D eigenvalue weighted by Gasteiger charge is -2.16. The monoisotopic (exact) mass is 279 g/mol. The molecule has 2 rings (SSSR count). The third-order valence-electron chi connectivity index (χ3n) is 2.96. The molecule has 1 aromatic rings. The standard InChI is InChI=1S/C13H17N3O4/c1-19-12-8-10(9-15-18)2-3-11(12)20-7-6-16-5-4-14-13(16)17/h2-3,8-9,18H,4-7H2,1H3,(H,14,17)/b15-9+. The molecular formula is C13H17N3O4. The molecule has 1 saturated heterocycles. The Morgan fingerprint density at radius 2 is 2.35 bits per heavy atom. The molecule has 1 aliphatic heterocycles. The zero-order chi connectivity index (χ0) is 14.4. The second kappa shape index (κ2) is 6.65. The van der Waals surface area contributed by atoms with Crippen LogP contribution >= 0.6 is 0 Å². The summed E-state index contributed by atoms with van der Waals surface area (Å²) in [7, 11) is 1.54. The molecule has 1 heterocycles. The van der Waals surface area contributed by atoms with Crippen molar-refractivity contribution in [3.63, 3.8) is 0 Å². The summed E-state index contributed by atoms with van der Waals surface area (Å²) in [5, 5.41) is 14.2. The van der Waals surface area contributed by atoms with Crippen LogP contribution in [0.2, 0.25) is 0 Å². The van der Waals surface area contributed by atoms with Crippen LogP contribution in [0.5, 0.6) is 11.5 Å². The van der Waals surface area contributed by atoms with Gasteiger partial charge in [-0.15, -0.1) is 0 Å². The second-order valence-corrected chi connectivity index (χ2v) is 4.22. The normalized spacial score (nSPS) is 14.7. The summed E-state index contributed by atoms with van der Waals surface area (Å²) in [6.45, 7) is 2.29. The molecule has 0 radical (unpaired) electrons. The van der Waals surface area contributed by atoms with E-state index in [2.05, 4.69) is 10.5 Å². The third-order valence-corrected chi connectivity index (χ3v) is 2.96. The van der Waals surface area contributed by atoms with Gasteiger partial charge in [-0.3, -0.25) is 0 Å². The van der Waals surface area contributed by atoms with E-state index in [-0.39, 0.29) is 6.03 Å². The van der Waals surface area contributed by atoms with Crippen LogP contribution in [-0.4, -0.2) is 55.7 Å². The number of rotatable bonds is 6. The Morgan fingerprint density at radius 1 is 1.50 bits per heavy atom. The number of benzene rings is 1. The van der Waals surface area contributed by atoms with Crippen LogP contribution in [-0.2, 0) is 0 Å². The van der Waals surface area contributed by atoms with Gasteiger partial charge in [0.25, 0.3) is 0 Å². The number of oxime groups is 1. The van der Waals surface area contributed by atoms with Gasteiger partial charge in [-0.1, -0.05) is 5.16 Å². The fraction of sp³-hybridized carbons (Fsp3) is 0.385. The predicted molar refractivity (Wildman–Crippen MR) is 72.8 cm³/mol. The van der Waals surface area contributed by atoms with Crippen molar-refractivity contribution in [3.05, 3.63) is 23.8 Å². The Hall–Kier alpha value is -2.44. The van der Waals surface area contributed by atoms with E-state index in [0.717, 1.165) is 0 Å². The van der Waals surface area contributed by atoms with E-state index in [1.165, 1.54) is 13.3 Å². The highest BCUT2D eigenvalue weighted by Gasteiger charge is 2.18. The van der Waals surface area contributed by atoms with Gasteiger partial charge in [-0.25, -0.2) is 4.79 Å². The fourth-order valence-electron chi connectivity index (χ4n) is 1.94. The third kappa shape index (κ3) is 3.31. The number of nitrogens with zero attached hydrogens (tertiary/aromatic N) is 2. The van der Waals surface area contributed by atoms with Gasteiger partial charge < -0.3 is 24.9 Å². The molecule has 20 heavy (non-hydrogen) atoms. The topological polar surface area (TPSA) is 83.4 Å². The molecule has 0 aromatic heterocycles. The molecule has 108 valence electrons. The van der Waals surface area contributed by atoms with Crippen molar-refractivity contribution in [1.29, 1.82) is 0 Å². The summed E-state index contributed by atoms with van der Waals surface area (Å²) in [5.41, 5.74) is 0.704. The van der Waals surface area contributed by atoms with Crippen LogP contribution in [0.25, 0.3) is 0 Å². The number of methoxy groups -OCH3 is 1. The van der Waals surface area contributed by atoms with E-state index in [1.54, 1.807) is 23.1 Å². The molecule has 0 saturated carbocycles. The number of ether oxygens (including phenoxy) is 2. The molecular weight excluding hydrogens is 262 g/mol. The lowest BCUT2D eigenvalue weighted by molar-refractivity contribution is 0.201. The van der Waals surface area contributed by atoms with E-state index in [9.17, 15) is 4.79 Å².